The molecule has 5 nitrogen and oxygen atoms in total. The molecular weight excluding hydrogens is 279 g/mol. The van der Waals surface area contributed by atoms with Crippen molar-refractivity contribution in [1.29, 1.82) is 0 Å². The maximum absolute atomic E-state index is 12.1. The number of hydrogen-bond acceptors (Lipinski definition) is 4. The second-order valence-electron chi connectivity index (χ2n) is 5.62. The highest BCUT2D eigenvalue weighted by molar-refractivity contribution is 5.74. The summed E-state index contributed by atoms with van der Waals surface area (Å²) in [7, 11) is 0. The first-order valence-corrected chi connectivity index (χ1v) is 6.15. The van der Waals surface area contributed by atoms with Gasteiger partial charge >= 0.3 is 12.3 Å². The number of alkyl halides is 3. The molecule has 1 aliphatic rings. The number of hydrogen-bond donors (Lipinski definition) is 0. The van der Waals surface area contributed by atoms with E-state index in [0.29, 0.717) is 6.29 Å². The predicted molar refractivity (Wildman–Crippen MR) is 63.2 cm³/mol. The highest BCUT2D eigenvalue weighted by Gasteiger charge is 2.39. The predicted octanol–water partition coefficient (Wildman–Crippen LogP) is 2.14. The van der Waals surface area contributed by atoms with Crippen LogP contribution in [0.15, 0.2) is 0 Å². The Morgan fingerprint density at radius 3 is 2.40 bits per heavy atom. The molecule has 0 saturated carbocycles. The van der Waals surface area contributed by atoms with Crippen molar-refractivity contribution in [2.24, 2.45) is 0 Å². The van der Waals surface area contributed by atoms with E-state index in [4.69, 9.17) is 4.74 Å². The van der Waals surface area contributed by atoms with E-state index >= 15 is 0 Å². The third kappa shape index (κ3) is 5.36. The van der Waals surface area contributed by atoms with Crippen molar-refractivity contribution in [1.82, 2.24) is 4.90 Å². The van der Waals surface area contributed by atoms with Gasteiger partial charge < -0.3 is 14.3 Å². The molecule has 0 N–H and O–H groups in total. The van der Waals surface area contributed by atoms with Gasteiger partial charge in [-0.3, -0.25) is 4.90 Å². The first-order valence-electron chi connectivity index (χ1n) is 6.15. The zero-order valence-corrected chi connectivity index (χ0v) is 11.6. The topological polar surface area (TPSA) is 55.8 Å². The summed E-state index contributed by atoms with van der Waals surface area (Å²) in [4.78, 5) is 23.8. The van der Waals surface area contributed by atoms with Crippen LogP contribution in [0.1, 0.15) is 27.2 Å². The Hall–Kier alpha value is -1.31. The van der Waals surface area contributed by atoms with Gasteiger partial charge in [0.05, 0.1) is 18.7 Å². The molecule has 0 radical (unpaired) electrons. The Balaban J connectivity index is 2.60. The minimum atomic E-state index is -4.43. The molecule has 1 aliphatic heterocycles. The van der Waals surface area contributed by atoms with Crippen molar-refractivity contribution in [3.05, 3.63) is 0 Å². The van der Waals surface area contributed by atoms with Crippen LogP contribution in [0.5, 0.6) is 0 Å². The summed E-state index contributed by atoms with van der Waals surface area (Å²) in [5.41, 5.74) is -0.741. The van der Waals surface area contributed by atoms with Gasteiger partial charge in [-0.05, 0) is 20.8 Å². The lowest BCUT2D eigenvalue weighted by Crippen LogP contribution is -2.41. The number of amides is 1. The van der Waals surface area contributed by atoms with Gasteiger partial charge in [-0.1, -0.05) is 0 Å². The van der Waals surface area contributed by atoms with Gasteiger partial charge in [0.15, 0.2) is 0 Å². The van der Waals surface area contributed by atoms with Gasteiger partial charge in [0.1, 0.15) is 18.5 Å². The van der Waals surface area contributed by atoms with Crippen molar-refractivity contribution < 1.29 is 32.2 Å². The number of halogens is 3. The fraction of sp³-hybridized carbons (Fsp3) is 0.833. The molecule has 0 unspecified atom stereocenters. The van der Waals surface area contributed by atoms with E-state index in [-0.39, 0.29) is 13.0 Å². The minimum Gasteiger partial charge on any atom is -0.444 e. The van der Waals surface area contributed by atoms with Gasteiger partial charge in [0.25, 0.3) is 0 Å². The van der Waals surface area contributed by atoms with Gasteiger partial charge in [-0.15, -0.1) is 0 Å². The molecule has 20 heavy (non-hydrogen) atoms. The quantitative estimate of drug-likeness (QED) is 0.749. The number of likely N-dealkylation sites (tertiary alicyclic amines) is 1. The molecule has 8 heteroatoms. The summed E-state index contributed by atoms with van der Waals surface area (Å²) in [6.07, 6.45) is -5.43. The van der Waals surface area contributed by atoms with Crippen LogP contribution in [-0.4, -0.2) is 54.4 Å². The number of ether oxygens (including phenoxy) is 2. The molecule has 0 spiro atoms. The average molecular weight is 297 g/mol. The van der Waals surface area contributed by atoms with Crippen LogP contribution in [0.3, 0.4) is 0 Å². The van der Waals surface area contributed by atoms with E-state index in [0.717, 1.165) is 4.90 Å². The smallest absolute Gasteiger partial charge is 0.411 e. The van der Waals surface area contributed by atoms with E-state index < -0.39 is 36.6 Å². The minimum absolute atomic E-state index is 0.0405. The van der Waals surface area contributed by atoms with Crippen LogP contribution >= 0.6 is 0 Å². The van der Waals surface area contributed by atoms with E-state index in [9.17, 15) is 22.8 Å². The molecule has 1 fully saturated rings. The lowest BCUT2D eigenvalue weighted by Gasteiger charge is -2.26. The summed E-state index contributed by atoms with van der Waals surface area (Å²) in [6.45, 7) is 3.50. The number of rotatable bonds is 3. The SMILES string of the molecule is CC(C)(C)OC(=O)N1C[C@H](OCC(F)(F)F)C[C@@H]1C=O. The van der Waals surface area contributed by atoms with Crippen molar-refractivity contribution in [2.45, 2.75) is 51.1 Å². The standard InChI is InChI=1S/C12H18F3NO4/c1-11(2,3)20-10(18)16-5-9(4-8(16)6-17)19-7-12(13,14)15/h6,8-9H,4-5,7H2,1-3H3/t8-,9-/m1/s1. The molecule has 0 aromatic heterocycles. The average Bonchev–Trinajstić information content (AvgIpc) is 2.66. The van der Waals surface area contributed by atoms with Crippen LogP contribution < -0.4 is 0 Å². The molecule has 1 saturated heterocycles. The largest absolute Gasteiger partial charge is 0.444 e. The zero-order chi connectivity index (χ0) is 15.6. The normalized spacial score (nSPS) is 23.8. The summed E-state index contributed by atoms with van der Waals surface area (Å²) in [5.74, 6) is 0. The molecule has 0 aromatic carbocycles. The van der Waals surface area contributed by atoms with E-state index in [1.165, 1.54) is 0 Å². The zero-order valence-electron chi connectivity index (χ0n) is 11.6. The Bertz CT molecular complexity index is 365. The molecule has 0 bridgehead atoms. The molecule has 2 atom stereocenters. The van der Waals surface area contributed by atoms with Crippen molar-refractivity contribution >= 4 is 12.4 Å². The summed E-state index contributed by atoms with van der Waals surface area (Å²) in [5, 5.41) is 0. The van der Waals surface area contributed by atoms with Crippen molar-refractivity contribution in [3.63, 3.8) is 0 Å². The van der Waals surface area contributed by atoms with Gasteiger partial charge in [-0.2, -0.15) is 13.2 Å². The van der Waals surface area contributed by atoms with Gasteiger partial charge in [0.2, 0.25) is 0 Å². The van der Waals surface area contributed by atoms with Gasteiger partial charge in [0, 0.05) is 6.42 Å². The molecule has 0 aromatic rings. The Kier molecular flexibility index (Phi) is 5.01. The van der Waals surface area contributed by atoms with E-state index in [1.807, 2.05) is 0 Å². The fourth-order valence-corrected chi connectivity index (χ4v) is 1.82. The maximum Gasteiger partial charge on any atom is 0.411 e. The molecule has 116 valence electrons. The Labute approximate surface area is 115 Å². The van der Waals surface area contributed by atoms with Crippen LogP contribution in [0, 0.1) is 0 Å². The highest BCUT2D eigenvalue weighted by atomic mass is 19.4. The Morgan fingerprint density at radius 2 is 1.95 bits per heavy atom. The monoisotopic (exact) mass is 297 g/mol. The third-order valence-electron chi connectivity index (χ3n) is 2.57. The van der Waals surface area contributed by atoms with Crippen LogP contribution in [0.25, 0.3) is 0 Å². The summed E-state index contributed by atoms with van der Waals surface area (Å²) < 4.78 is 46.0. The number of nitrogens with zero attached hydrogens (tertiary/aromatic N) is 1. The van der Waals surface area contributed by atoms with Crippen LogP contribution in [0.2, 0.25) is 0 Å². The highest BCUT2D eigenvalue weighted by Crippen LogP contribution is 2.24. The number of carbonyl (C=O) groups is 2. The summed E-state index contributed by atoms with van der Waals surface area (Å²) >= 11 is 0. The Morgan fingerprint density at radius 1 is 1.35 bits per heavy atom. The lowest BCUT2D eigenvalue weighted by molar-refractivity contribution is -0.183. The summed E-state index contributed by atoms with van der Waals surface area (Å²) in [6, 6.07) is -0.817. The lowest BCUT2D eigenvalue weighted by atomic mass is 10.2. The van der Waals surface area contributed by atoms with Crippen LogP contribution in [-0.2, 0) is 14.3 Å². The van der Waals surface area contributed by atoms with Crippen molar-refractivity contribution in [3.8, 4) is 0 Å². The second-order valence-corrected chi connectivity index (χ2v) is 5.62. The molecule has 1 heterocycles. The second kappa shape index (κ2) is 5.99. The molecule has 0 aliphatic carbocycles. The van der Waals surface area contributed by atoms with Crippen molar-refractivity contribution in [2.75, 3.05) is 13.2 Å². The van der Waals surface area contributed by atoms with E-state index in [2.05, 4.69) is 4.74 Å². The van der Waals surface area contributed by atoms with Crippen LogP contribution in [0.4, 0.5) is 18.0 Å². The number of aldehydes is 1. The fourth-order valence-electron chi connectivity index (χ4n) is 1.82. The van der Waals surface area contributed by atoms with Gasteiger partial charge in [-0.25, -0.2) is 4.79 Å². The molecular formula is C12H18F3NO4. The maximum atomic E-state index is 12.1. The first-order chi connectivity index (χ1) is 9.02. The third-order valence-corrected chi connectivity index (χ3v) is 2.57. The van der Waals surface area contributed by atoms with E-state index in [1.54, 1.807) is 20.8 Å². The first kappa shape index (κ1) is 16.7. The molecule has 1 rings (SSSR count). The molecule has 1 amide bonds. The number of carbonyl (C=O) groups excluding carboxylic acids is 2.